The number of non-ortho nitro benzene ring substituents is 1. The fraction of sp³-hybridized carbons (Fsp3) is 0.0526. The molecule has 0 saturated heterocycles. The first kappa shape index (κ1) is 17.3. The summed E-state index contributed by atoms with van der Waals surface area (Å²) in [5.74, 6) is 1.88. The molecule has 0 bridgehead atoms. The minimum absolute atomic E-state index is 0.0473. The van der Waals surface area contributed by atoms with Crippen molar-refractivity contribution >= 4 is 28.9 Å². The maximum atomic E-state index is 11.0. The number of hydrazone groups is 1. The molecule has 0 aliphatic rings. The summed E-state index contributed by atoms with van der Waals surface area (Å²) in [5, 5.41) is 15.1. The van der Waals surface area contributed by atoms with Gasteiger partial charge in [-0.15, -0.1) is 0 Å². The predicted octanol–water partition coefficient (Wildman–Crippen LogP) is 4.19. The summed E-state index contributed by atoms with van der Waals surface area (Å²) in [4.78, 5) is 18.0. The molecule has 140 valence electrons. The van der Waals surface area contributed by atoms with Crippen LogP contribution in [-0.2, 0) is 0 Å². The van der Waals surface area contributed by atoms with Gasteiger partial charge >= 0.3 is 0 Å². The van der Waals surface area contributed by atoms with Gasteiger partial charge in [0, 0.05) is 12.1 Å². The molecule has 4 rings (SSSR count). The minimum Gasteiger partial charge on any atom is -0.496 e. The van der Waals surface area contributed by atoms with Gasteiger partial charge in [0.2, 0.25) is 5.95 Å². The zero-order valence-corrected chi connectivity index (χ0v) is 14.7. The van der Waals surface area contributed by atoms with Crippen molar-refractivity contribution in [1.82, 2.24) is 9.97 Å². The first-order valence-corrected chi connectivity index (χ1v) is 8.30. The number of H-pyrrole nitrogens is 1. The van der Waals surface area contributed by atoms with Crippen LogP contribution in [0.2, 0.25) is 0 Å². The van der Waals surface area contributed by atoms with Crippen LogP contribution in [0, 0.1) is 10.1 Å². The number of anilines is 1. The Balaban J connectivity index is 1.53. The molecule has 28 heavy (non-hydrogen) atoms. The first-order valence-electron chi connectivity index (χ1n) is 8.30. The van der Waals surface area contributed by atoms with Gasteiger partial charge in [0.1, 0.15) is 17.3 Å². The number of imidazole rings is 1. The van der Waals surface area contributed by atoms with Gasteiger partial charge in [-0.05, 0) is 30.3 Å². The number of para-hydroxylation sites is 2. The van der Waals surface area contributed by atoms with Gasteiger partial charge in [-0.2, -0.15) is 5.10 Å². The lowest BCUT2D eigenvalue weighted by Gasteiger charge is -2.05. The molecule has 4 aromatic rings. The molecule has 9 nitrogen and oxygen atoms in total. The Kier molecular flexibility index (Phi) is 4.47. The zero-order chi connectivity index (χ0) is 19.5. The molecule has 0 saturated carbocycles. The van der Waals surface area contributed by atoms with E-state index in [9.17, 15) is 10.1 Å². The molecule has 0 aliphatic carbocycles. The third-order valence-electron chi connectivity index (χ3n) is 4.04. The average Bonchev–Trinajstić information content (AvgIpc) is 3.34. The Bertz CT molecular complexity index is 1150. The van der Waals surface area contributed by atoms with Crippen LogP contribution in [0.1, 0.15) is 5.76 Å². The summed E-state index contributed by atoms with van der Waals surface area (Å²) in [6.07, 6.45) is 1.49. The number of nitrogens with one attached hydrogen (secondary N) is 2. The summed E-state index contributed by atoms with van der Waals surface area (Å²) in [6.45, 7) is 0. The molecule has 2 heterocycles. The van der Waals surface area contributed by atoms with E-state index in [4.69, 9.17) is 9.15 Å². The fourth-order valence-electron chi connectivity index (χ4n) is 2.73. The summed E-state index contributed by atoms with van der Waals surface area (Å²) < 4.78 is 11.0. The second-order valence-corrected chi connectivity index (χ2v) is 5.82. The van der Waals surface area contributed by atoms with Crippen LogP contribution >= 0.6 is 0 Å². The number of rotatable bonds is 6. The van der Waals surface area contributed by atoms with Crippen molar-refractivity contribution < 1.29 is 14.1 Å². The maximum absolute atomic E-state index is 11.0. The minimum atomic E-state index is -0.467. The van der Waals surface area contributed by atoms with Crippen LogP contribution in [0.5, 0.6) is 5.75 Å². The smallest absolute Gasteiger partial charge is 0.270 e. The number of methoxy groups -OCH3 is 1. The van der Waals surface area contributed by atoms with Crippen molar-refractivity contribution in [2.24, 2.45) is 5.10 Å². The SMILES string of the molecule is COc1ccc([N+](=O)[O-])cc1-c1ccc(/C=N/Nc2nc3ccccc3[nH]2)o1. The number of benzene rings is 2. The van der Waals surface area contributed by atoms with Crippen LogP contribution in [0.3, 0.4) is 0 Å². The van der Waals surface area contributed by atoms with Gasteiger partial charge in [-0.1, -0.05) is 12.1 Å². The summed E-state index contributed by atoms with van der Waals surface area (Å²) in [6, 6.07) is 15.4. The van der Waals surface area contributed by atoms with E-state index in [0.717, 1.165) is 11.0 Å². The molecule has 9 heteroatoms. The lowest BCUT2D eigenvalue weighted by Crippen LogP contribution is -1.92. The van der Waals surface area contributed by atoms with Crippen LogP contribution in [-0.4, -0.2) is 28.2 Å². The lowest BCUT2D eigenvalue weighted by atomic mass is 10.1. The molecule has 2 N–H and O–H groups in total. The van der Waals surface area contributed by atoms with Crippen molar-refractivity contribution in [2.45, 2.75) is 0 Å². The standard InChI is InChI=1S/C19H15N5O4/c1-27-17-8-6-12(24(25)26)10-14(17)18-9-7-13(28-18)11-20-23-19-21-15-4-2-3-5-16(15)22-19/h2-11H,1H3,(H2,21,22,23)/b20-11+. The van der Waals surface area contributed by atoms with Crippen LogP contribution in [0.4, 0.5) is 11.6 Å². The fourth-order valence-corrected chi connectivity index (χ4v) is 2.73. The normalized spacial score (nSPS) is 11.2. The quantitative estimate of drug-likeness (QED) is 0.295. The van der Waals surface area contributed by atoms with Gasteiger partial charge in [-0.25, -0.2) is 10.4 Å². The van der Waals surface area contributed by atoms with E-state index in [0.29, 0.717) is 28.8 Å². The van der Waals surface area contributed by atoms with E-state index in [2.05, 4.69) is 20.5 Å². The third kappa shape index (κ3) is 3.40. The van der Waals surface area contributed by atoms with Gasteiger partial charge < -0.3 is 14.1 Å². The molecular formula is C19H15N5O4. The van der Waals surface area contributed by atoms with Crippen LogP contribution < -0.4 is 10.2 Å². The van der Waals surface area contributed by atoms with Crippen LogP contribution in [0.15, 0.2) is 64.1 Å². The molecule has 0 fully saturated rings. The second kappa shape index (κ2) is 7.23. The largest absolute Gasteiger partial charge is 0.496 e. The van der Waals surface area contributed by atoms with Gasteiger partial charge in [-0.3, -0.25) is 10.1 Å². The second-order valence-electron chi connectivity index (χ2n) is 5.82. The molecule has 2 aromatic carbocycles. The number of fused-ring (bicyclic) bond motifs is 1. The summed E-state index contributed by atoms with van der Waals surface area (Å²) in [7, 11) is 1.49. The molecule has 0 unspecified atom stereocenters. The monoisotopic (exact) mass is 377 g/mol. The van der Waals surface area contributed by atoms with Crippen molar-refractivity contribution in [3.63, 3.8) is 0 Å². The lowest BCUT2D eigenvalue weighted by molar-refractivity contribution is -0.384. The highest BCUT2D eigenvalue weighted by Crippen LogP contribution is 2.34. The number of aromatic amines is 1. The third-order valence-corrected chi connectivity index (χ3v) is 4.04. The Morgan fingerprint density at radius 1 is 1.25 bits per heavy atom. The Labute approximate surface area is 158 Å². The Morgan fingerprint density at radius 2 is 2.11 bits per heavy atom. The number of ether oxygens (including phenoxy) is 1. The van der Waals surface area contributed by atoms with E-state index in [1.807, 2.05) is 24.3 Å². The van der Waals surface area contributed by atoms with E-state index >= 15 is 0 Å². The summed E-state index contributed by atoms with van der Waals surface area (Å²) in [5.41, 5.74) is 4.98. The van der Waals surface area contributed by atoms with Crippen molar-refractivity contribution in [2.75, 3.05) is 12.5 Å². The van der Waals surface area contributed by atoms with Crippen LogP contribution in [0.25, 0.3) is 22.4 Å². The van der Waals surface area contributed by atoms with E-state index < -0.39 is 4.92 Å². The number of aromatic nitrogens is 2. The number of nitro groups is 1. The molecule has 0 atom stereocenters. The number of nitro benzene ring substituents is 1. The molecular weight excluding hydrogens is 362 g/mol. The topological polar surface area (TPSA) is 119 Å². The number of hydrogen-bond acceptors (Lipinski definition) is 7. The predicted molar refractivity (Wildman–Crippen MR) is 105 cm³/mol. The number of nitrogens with zero attached hydrogens (tertiary/aromatic N) is 3. The van der Waals surface area contributed by atoms with E-state index in [1.165, 1.54) is 31.5 Å². The highest BCUT2D eigenvalue weighted by atomic mass is 16.6. The average molecular weight is 377 g/mol. The van der Waals surface area contributed by atoms with Gasteiger partial charge in [0.15, 0.2) is 0 Å². The Hall–Kier alpha value is -4.14. The van der Waals surface area contributed by atoms with Crippen molar-refractivity contribution in [3.8, 4) is 17.1 Å². The van der Waals surface area contributed by atoms with E-state index in [1.54, 1.807) is 12.1 Å². The molecule has 0 spiro atoms. The first-order chi connectivity index (χ1) is 13.6. The van der Waals surface area contributed by atoms with Crippen molar-refractivity contribution in [3.05, 3.63) is 70.5 Å². The van der Waals surface area contributed by atoms with Gasteiger partial charge in [0.05, 0.1) is 34.8 Å². The highest BCUT2D eigenvalue weighted by molar-refractivity contribution is 5.80. The maximum Gasteiger partial charge on any atom is 0.270 e. The van der Waals surface area contributed by atoms with E-state index in [-0.39, 0.29) is 5.69 Å². The molecule has 0 aliphatic heterocycles. The van der Waals surface area contributed by atoms with Crippen molar-refractivity contribution in [1.29, 1.82) is 0 Å². The molecule has 0 amide bonds. The summed E-state index contributed by atoms with van der Waals surface area (Å²) >= 11 is 0. The molecule has 0 radical (unpaired) electrons. The number of furan rings is 1. The zero-order valence-electron chi connectivity index (χ0n) is 14.7. The van der Waals surface area contributed by atoms with Gasteiger partial charge in [0.25, 0.3) is 5.69 Å². The Morgan fingerprint density at radius 3 is 2.89 bits per heavy atom. The molecule has 2 aromatic heterocycles. The highest BCUT2D eigenvalue weighted by Gasteiger charge is 2.15. The number of hydrogen-bond donors (Lipinski definition) is 2.